The SMILES string of the molecule is C[C@H]1CN([C@@H](C)CO)C(=O)c2cc(C3=CCCCC3)cnc2O[C@@H]1CN(C)C(=O)Nc1ccccc1. The minimum Gasteiger partial charge on any atom is -0.472 e. The Kier molecular flexibility index (Phi) is 8.25. The third kappa shape index (κ3) is 5.87. The van der Waals surface area contributed by atoms with Crippen molar-refractivity contribution < 1.29 is 19.4 Å². The molecule has 0 saturated carbocycles. The fourth-order valence-corrected chi connectivity index (χ4v) is 4.69. The lowest BCUT2D eigenvalue weighted by Gasteiger charge is -2.37. The molecule has 2 heterocycles. The van der Waals surface area contributed by atoms with Crippen LogP contribution in [0.25, 0.3) is 5.57 Å². The molecule has 1 aliphatic heterocycles. The van der Waals surface area contributed by atoms with Crippen LogP contribution in [0.2, 0.25) is 0 Å². The number of amides is 3. The number of allylic oxidation sites excluding steroid dienone is 2. The quantitative estimate of drug-likeness (QED) is 0.622. The number of aliphatic hydroxyl groups is 1. The first kappa shape index (κ1) is 25.7. The van der Waals surface area contributed by atoms with Gasteiger partial charge in [0.1, 0.15) is 11.7 Å². The third-order valence-corrected chi connectivity index (χ3v) is 7.01. The average Bonchev–Trinajstić information content (AvgIpc) is 2.91. The van der Waals surface area contributed by atoms with Gasteiger partial charge < -0.3 is 25.0 Å². The Morgan fingerprint density at radius 1 is 1.31 bits per heavy atom. The summed E-state index contributed by atoms with van der Waals surface area (Å²) in [5, 5.41) is 12.8. The summed E-state index contributed by atoms with van der Waals surface area (Å²) in [6.07, 6.45) is 7.89. The number of carbonyl (C=O) groups is 2. The van der Waals surface area contributed by atoms with Crippen molar-refractivity contribution in [1.82, 2.24) is 14.8 Å². The van der Waals surface area contributed by atoms with Crippen LogP contribution >= 0.6 is 0 Å². The molecule has 1 aromatic heterocycles. The predicted molar refractivity (Wildman–Crippen MR) is 140 cm³/mol. The maximum Gasteiger partial charge on any atom is 0.321 e. The first-order valence-electron chi connectivity index (χ1n) is 12.7. The maximum absolute atomic E-state index is 13.6. The number of urea groups is 1. The zero-order valence-electron chi connectivity index (χ0n) is 21.3. The molecule has 0 unspecified atom stereocenters. The number of carbonyl (C=O) groups excluding carboxylic acids is 2. The molecule has 0 radical (unpaired) electrons. The number of nitrogens with one attached hydrogen (secondary N) is 1. The number of anilines is 1. The Labute approximate surface area is 213 Å². The van der Waals surface area contributed by atoms with Gasteiger partial charge in [0.25, 0.3) is 5.91 Å². The van der Waals surface area contributed by atoms with Crippen molar-refractivity contribution >= 4 is 23.2 Å². The Morgan fingerprint density at radius 3 is 2.78 bits per heavy atom. The maximum atomic E-state index is 13.6. The lowest BCUT2D eigenvalue weighted by molar-refractivity contribution is 0.0356. The Morgan fingerprint density at radius 2 is 2.08 bits per heavy atom. The molecule has 8 nitrogen and oxygen atoms in total. The molecule has 0 saturated heterocycles. The van der Waals surface area contributed by atoms with Gasteiger partial charge in [-0.25, -0.2) is 9.78 Å². The Hall–Kier alpha value is -3.39. The lowest BCUT2D eigenvalue weighted by atomic mass is 9.93. The van der Waals surface area contributed by atoms with Gasteiger partial charge in [-0.1, -0.05) is 31.2 Å². The molecule has 192 valence electrons. The largest absolute Gasteiger partial charge is 0.472 e. The normalized spacial score (nSPS) is 20.8. The van der Waals surface area contributed by atoms with Crippen molar-refractivity contribution in [2.24, 2.45) is 5.92 Å². The molecule has 2 aliphatic rings. The molecular weight excluding hydrogens is 456 g/mol. The highest BCUT2D eigenvalue weighted by atomic mass is 16.5. The second-order valence-corrected chi connectivity index (χ2v) is 9.85. The number of rotatable bonds is 6. The van der Waals surface area contributed by atoms with Crippen molar-refractivity contribution in [2.75, 3.05) is 32.1 Å². The van der Waals surface area contributed by atoms with Gasteiger partial charge in [-0.15, -0.1) is 0 Å². The second kappa shape index (κ2) is 11.6. The van der Waals surface area contributed by atoms with Crippen LogP contribution in [0.4, 0.5) is 10.5 Å². The molecule has 36 heavy (non-hydrogen) atoms. The minimum atomic E-state index is -0.399. The zero-order valence-corrected chi connectivity index (χ0v) is 21.3. The molecule has 1 aliphatic carbocycles. The van der Waals surface area contributed by atoms with Gasteiger partial charge >= 0.3 is 6.03 Å². The highest BCUT2D eigenvalue weighted by molar-refractivity contribution is 5.97. The number of aromatic nitrogens is 1. The highest BCUT2D eigenvalue weighted by Crippen LogP contribution is 2.32. The third-order valence-electron chi connectivity index (χ3n) is 7.01. The first-order chi connectivity index (χ1) is 17.4. The van der Waals surface area contributed by atoms with E-state index in [9.17, 15) is 14.7 Å². The van der Waals surface area contributed by atoms with Crippen LogP contribution in [0.3, 0.4) is 0 Å². The van der Waals surface area contributed by atoms with Crippen LogP contribution < -0.4 is 10.1 Å². The number of ether oxygens (including phenoxy) is 1. The van der Waals surface area contributed by atoms with Crippen molar-refractivity contribution in [2.45, 2.75) is 51.7 Å². The van der Waals surface area contributed by atoms with E-state index in [0.29, 0.717) is 24.3 Å². The molecule has 8 heteroatoms. The molecule has 3 amide bonds. The van der Waals surface area contributed by atoms with E-state index in [1.807, 2.05) is 50.2 Å². The van der Waals surface area contributed by atoms with Gasteiger partial charge in [-0.2, -0.15) is 0 Å². The number of fused-ring (bicyclic) bond motifs is 1. The van der Waals surface area contributed by atoms with Crippen LogP contribution in [0, 0.1) is 5.92 Å². The van der Waals surface area contributed by atoms with Crippen molar-refractivity contribution in [1.29, 1.82) is 0 Å². The van der Waals surface area contributed by atoms with E-state index in [2.05, 4.69) is 16.4 Å². The number of nitrogens with zero attached hydrogens (tertiary/aromatic N) is 3. The number of likely N-dealkylation sites (N-methyl/N-ethyl adjacent to an activating group) is 1. The molecule has 2 N–H and O–H groups in total. The molecular formula is C28H36N4O4. The monoisotopic (exact) mass is 492 g/mol. The van der Waals surface area contributed by atoms with Crippen LogP contribution in [0.1, 0.15) is 55.5 Å². The highest BCUT2D eigenvalue weighted by Gasteiger charge is 2.35. The first-order valence-corrected chi connectivity index (χ1v) is 12.7. The molecule has 0 bridgehead atoms. The van der Waals surface area contributed by atoms with E-state index in [-0.39, 0.29) is 36.4 Å². The van der Waals surface area contributed by atoms with E-state index in [1.54, 1.807) is 23.0 Å². The Bertz CT molecular complexity index is 1100. The molecule has 2 aromatic rings. The summed E-state index contributed by atoms with van der Waals surface area (Å²) in [5.41, 5.74) is 3.25. The van der Waals surface area contributed by atoms with Crippen LogP contribution in [0.15, 0.2) is 48.7 Å². The topological polar surface area (TPSA) is 95.0 Å². The minimum absolute atomic E-state index is 0.106. The smallest absolute Gasteiger partial charge is 0.321 e. The summed E-state index contributed by atoms with van der Waals surface area (Å²) < 4.78 is 6.33. The molecule has 3 atom stereocenters. The van der Waals surface area contributed by atoms with Crippen LogP contribution in [0.5, 0.6) is 5.88 Å². The summed E-state index contributed by atoms with van der Waals surface area (Å²) >= 11 is 0. The number of benzene rings is 1. The second-order valence-electron chi connectivity index (χ2n) is 9.85. The summed E-state index contributed by atoms with van der Waals surface area (Å²) in [7, 11) is 1.72. The number of para-hydroxylation sites is 1. The van der Waals surface area contributed by atoms with E-state index in [4.69, 9.17) is 4.74 Å². The molecule has 0 spiro atoms. The fourth-order valence-electron chi connectivity index (χ4n) is 4.69. The molecule has 1 aromatic carbocycles. The lowest BCUT2D eigenvalue weighted by Crippen LogP contribution is -2.50. The summed E-state index contributed by atoms with van der Waals surface area (Å²) in [6.45, 7) is 4.39. The zero-order chi connectivity index (χ0) is 25.7. The van der Waals surface area contributed by atoms with E-state index in [1.165, 1.54) is 12.0 Å². The number of pyridine rings is 1. The average molecular weight is 493 g/mol. The summed E-state index contributed by atoms with van der Waals surface area (Å²) in [6, 6.07) is 10.6. The summed E-state index contributed by atoms with van der Waals surface area (Å²) in [5.74, 6) is -0.0351. The number of aliphatic hydroxyl groups excluding tert-OH is 1. The molecule has 0 fully saturated rings. The number of hydrogen-bond acceptors (Lipinski definition) is 5. The van der Waals surface area contributed by atoms with Crippen LogP contribution in [-0.4, -0.2) is 70.7 Å². The predicted octanol–water partition coefficient (Wildman–Crippen LogP) is 4.42. The summed E-state index contributed by atoms with van der Waals surface area (Å²) in [4.78, 5) is 34.3. The van der Waals surface area contributed by atoms with Crippen molar-refractivity contribution in [3.8, 4) is 5.88 Å². The van der Waals surface area contributed by atoms with Gasteiger partial charge in [0.15, 0.2) is 0 Å². The molecule has 4 rings (SSSR count). The van der Waals surface area contributed by atoms with Gasteiger partial charge in [0, 0.05) is 31.4 Å². The van der Waals surface area contributed by atoms with Gasteiger partial charge in [-0.05, 0) is 61.9 Å². The van der Waals surface area contributed by atoms with E-state index in [0.717, 1.165) is 24.8 Å². The van der Waals surface area contributed by atoms with Gasteiger partial charge in [-0.3, -0.25) is 4.79 Å². The van der Waals surface area contributed by atoms with Crippen molar-refractivity contribution in [3.05, 3.63) is 59.8 Å². The number of hydrogen-bond donors (Lipinski definition) is 2. The standard InChI is InChI=1S/C28H36N4O4/c1-19-16-32(20(2)18-33)27(34)24-14-22(21-10-6-4-7-11-21)15-29-26(24)36-25(19)17-31(3)28(35)30-23-12-8-5-9-13-23/h5,8-10,12-15,19-20,25,33H,4,6-7,11,16-18H2,1-3H3,(H,30,35)/t19-,20-,25+/m0/s1. The van der Waals surface area contributed by atoms with Crippen LogP contribution in [-0.2, 0) is 0 Å². The van der Waals surface area contributed by atoms with Gasteiger partial charge in [0.05, 0.1) is 19.2 Å². The Balaban J connectivity index is 1.61. The van der Waals surface area contributed by atoms with Gasteiger partial charge in [0.2, 0.25) is 5.88 Å². The fraction of sp³-hybridized carbons (Fsp3) is 0.464. The van der Waals surface area contributed by atoms with E-state index < -0.39 is 6.10 Å². The van der Waals surface area contributed by atoms with E-state index >= 15 is 0 Å². The van der Waals surface area contributed by atoms with Crippen molar-refractivity contribution in [3.63, 3.8) is 0 Å².